The smallest absolute Gasteiger partial charge is 0.132 e. The maximum Gasteiger partial charge on any atom is 0.132 e. The number of thioether (sulfide) groups is 1. The van der Waals surface area contributed by atoms with Crippen LogP contribution in [-0.2, 0) is 0 Å². The van der Waals surface area contributed by atoms with Crippen molar-refractivity contribution < 1.29 is 0 Å². The van der Waals surface area contributed by atoms with Crippen molar-refractivity contribution in [3.63, 3.8) is 0 Å². The van der Waals surface area contributed by atoms with Crippen molar-refractivity contribution >= 4 is 17.6 Å². The van der Waals surface area contributed by atoms with Gasteiger partial charge in [-0.3, -0.25) is 4.90 Å². The molecule has 0 radical (unpaired) electrons. The van der Waals surface area contributed by atoms with E-state index >= 15 is 0 Å². The van der Waals surface area contributed by atoms with Crippen LogP contribution < -0.4 is 4.90 Å². The van der Waals surface area contributed by atoms with Crippen LogP contribution in [0.2, 0.25) is 0 Å². The fraction of sp³-hybridized carbons (Fsp3) is 0.500. The molecule has 3 aliphatic heterocycles. The Bertz CT molecular complexity index is 987. The molecule has 1 aromatic heterocycles. The third-order valence-corrected chi connectivity index (χ3v) is 8.25. The van der Waals surface area contributed by atoms with Gasteiger partial charge in [0.25, 0.3) is 0 Å². The molecule has 0 N–H and O–H groups in total. The number of para-hydroxylation sites is 1. The first-order valence-corrected chi connectivity index (χ1v) is 13.2. The molecule has 6 nitrogen and oxygen atoms in total. The van der Waals surface area contributed by atoms with Gasteiger partial charge in [0.1, 0.15) is 5.82 Å². The highest BCUT2D eigenvalue weighted by atomic mass is 32.2. The number of aromatic nitrogens is 2. The number of likely N-dealkylation sites (tertiary alicyclic amines) is 1. The third-order valence-electron chi connectivity index (χ3n) is 7.28. The zero-order chi connectivity index (χ0) is 22.9. The predicted octanol–water partition coefficient (Wildman–Crippen LogP) is 3.80. The Hall–Kier alpha value is -2.38. The summed E-state index contributed by atoms with van der Waals surface area (Å²) in [6, 6.07) is 13.6. The summed E-state index contributed by atoms with van der Waals surface area (Å²) in [5.41, 5.74) is 4.63. The van der Waals surface area contributed by atoms with E-state index in [2.05, 4.69) is 87.7 Å². The van der Waals surface area contributed by atoms with Gasteiger partial charge in [-0.05, 0) is 32.4 Å². The topological polar surface area (TPSA) is 30.8 Å². The van der Waals surface area contributed by atoms with E-state index < -0.39 is 0 Å². The average molecular weight is 465 g/mol. The van der Waals surface area contributed by atoms with Gasteiger partial charge >= 0.3 is 0 Å². The number of hydrogen-bond acceptors (Lipinski definition) is 6. The maximum absolute atomic E-state index is 4.78. The first kappa shape index (κ1) is 22.4. The summed E-state index contributed by atoms with van der Waals surface area (Å²) in [5, 5.41) is 4.78. The molecule has 3 fully saturated rings. The molecule has 0 amide bonds. The number of nitrogens with zero attached hydrogens (tertiary/aromatic N) is 6. The fourth-order valence-corrected chi connectivity index (χ4v) is 6.45. The third kappa shape index (κ3) is 4.53. The molecule has 33 heavy (non-hydrogen) atoms. The van der Waals surface area contributed by atoms with Gasteiger partial charge in [-0.25, -0.2) is 4.68 Å². The number of aryl methyl sites for hydroxylation is 1. The van der Waals surface area contributed by atoms with Crippen LogP contribution in [0.25, 0.3) is 5.69 Å². The predicted molar refractivity (Wildman–Crippen MR) is 139 cm³/mol. The van der Waals surface area contributed by atoms with Crippen molar-refractivity contribution in [1.29, 1.82) is 0 Å². The van der Waals surface area contributed by atoms with Gasteiger partial charge in [0.15, 0.2) is 0 Å². The van der Waals surface area contributed by atoms with Crippen LogP contribution in [0.5, 0.6) is 0 Å². The van der Waals surface area contributed by atoms with Crippen molar-refractivity contribution in [2.24, 2.45) is 0 Å². The van der Waals surface area contributed by atoms with E-state index in [1.54, 1.807) is 0 Å². The maximum atomic E-state index is 4.78. The Morgan fingerprint density at radius 3 is 2.48 bits per heavy atom. The summed E-state index contributed by atoms with van der Waals surface area (Å²) < 4.78 is 2.09. The lowest BCUT2D eigenvalue weighted by molar-refractivity contribution is 0.187. The number of anilines is 1. The van der Waals surface area contributed by atoms with Crippen LogP contribution in [-0.4, -0.2) is 87.5 Å². The van der Waals surface area contributed by atoms with Crippen LogP contribution in [0.3, 0.4) is 0 Å². The van der Waals surface area contributed by atoms with Crippen LogP contribution >= 0.6 is 11.8 Å². The largest absolute Gasteiger partial charge is 0.365 e. The molecule has 2 unspecified atom stereocenters. The first-order chi connectivity index (χ1) is 16.0. The summed E-state index contributed by atoms with van der Waals surface area (Å²) in [6.45, 7) is 19.4. The zero-order valence-corrected chi connectivity index (χ0v) is 20.8. The van der Waals surface area contributed by atoms with Gasteiger partial charge in [-0.2, -0.15) is 5.10 Å². The van der Waals surface area contributed by atoms with E-state index in [1.165, 1.54) is 17.3 Å². The molecule has 0 aliphatic carbocycles. The minimum atomic E-state index is 0.381. The van der Waals surface area contributed by atoms with Crippen LogP contribution in [0, 0.1) is 6.92 Å². The van der Waals surface area contributed by atoms with Crippen molar-refractivity contribution in [3.05, 3.63) is 66.6 Å². The molecule has 176 valence electrons. The van der Waals surface area contributed by atoms with Crippen molar-refractivity contribution in [1.82, 2.24) is 24.5 Å². The van der Waals surface area contributed by atoms with Gasteiger partial charge in [0.2, 0.25) is 0 Å². The lowest BCUT2D eigenvalue weighted by Gasteiger charge is -2.39. The van der Waals surface area contributed by atoms with Crippen molar-refractivity contribution in [2.75, 3.05) is 55.8 Å². The van der Waals surface area contributed by atoms with Gasteiger partial charge < -0.3 is 14.7 Å². The lowest BCUT2D eigenvalue weighted by atomic mass is 10.1. The molecule has 3 saturated heterocycles. The molecular weight excluding hydrogens is 428 g/mol. The highest BCUT2D eigenvalue weighted by Crippen LogP contribution is 2.33. The SMILES string of the molecule is C=C(C1CC(N2CCN(c3cc(C)nn3-c3ccccc3)CC2)CN1C(=C)C)N1CCSC1. The summed E-state index contributed by atoms with van der Waals surface area (Å²) in [5.74, 6) is 3.49. The van der Waals surface area contributed by atoms with Crippen molar-refractivity contribution in [3.8, 4) is 5.69 Å². The van der Waals surface area contributed by atoms with E-state index in [1.807, 2.05) is 11.8 Å². The summed E-state index contributed by atoms with van der Waals surface area (Å²) in [4.78, 5) is 10.1. The second-order valence-corrected chi connectivity index (χ2v) is 10.6. The second kappa shape index (κ2) is 9.47. The Labute approximate surface area is 202 Å². The first-order valence-electron chi connectivity index (χ1n) is 12.1. The Morgan fingerprint density at radius 1 is 1.06 bits per heavy atom. The molecular formula is C26H36N6S. The van der Waals surface area contributed by atoms with Crippen LogP contribution in [0.4, 0.5) is 5.82 Å². The molecule has 0 bridgehead atoms. The summed E-state index contributed by atoms with van der Waals surface area (Å²) >= 11 is 2.01. The van der Waals surface area contributed by atoms with Crippen LogP contribution in [0.1, 0.15) is 19.0 Å². The highest BCUT2D eigenvalue weighted by Gasteiger charge is 2.39. The van der Waals surface area contributed by atoms with E-state index in [4.69, 9.17) is 5.10 Å². The molecule has 3 aliphatic rings. The van der Waals surface area contributed by atoms with Gasteiger partial charge in [-0.1, -0.05) is 31.4 Å². The zero-order valence-electron chi connectivity index (χ0n) is 20.0. The quantitative estimate of drug-likeness (QED) is 0.646. The minimum absolute atomic E-state index is 0.381. The average Bonchev–Trinajstić information content (AvgIpc) is 3.59. The minimum Gasteiger partial charge on any atom is -0.365 e. The number of benzene rings is 1. The van der Waals surface area contributed by atoms with E-state index in [0.717, 1.165) is 68.6 Å². The van der Waals surface area contributed by atoms with Crippen LogP contribution in [0.15, 0.2) is 61.0 Å². The van der Waals surface area contributed by atoms with Gasteiger partial charge in [0, 0.05) is 68.5 Å². The van der Waals surface area contributed by atoms with E-state index in [0.29, 0.717) is 12.1 Å². The molecule has 2 atom stereocenters. The molecule has 7 heteroatoms. The van der Waals surface area contributed by atoms with Crippen molar-refractivity contribution in [2.45, 2.75) is 32.4 Å². The Morgan fingerprint density at radius 2 is 1.82 bits per heavy atom. The number of allylic oxidation sites excluding steroid dienone is 1. The summed E-state index contributed by atoms with van der Waals surface area (Å²) in [7, 11) is 0. The fourth-order valence-electron chi connectivity index (χ4n) is 5.45. The monoisotopic (exact) mass is 464 g/mol. The molecule has 0 spiro atoms. The standard InChI is InChI=1S/C26H36N6S/c1-20(2)31-18-24(17-25(31)22(4)30-14-15-33-19-30)28-10-12-29(13-11-28)26-16-21(3)27-32(26)23-8-6-5-7-9-23/h5-9,16,24-25H,1,4,10-15,17-19H2,2-3H3. The van der Waals surface area contributed by atoms with E-state index in [9.17, 15) is 0 Å². The normalized spacial score (nSPS) is 24.0. The number of rotatable bonds is 6. The molecule has 5 rings (SSSR count). The second-order valence-electron chi connectivity index (χ2n) is 9.50. The highest BCUT2D eigenvalue weighted by molar-refractivity contribution is 7.99. The lowest BCUT2D eigenvalue weighted by Crippen LogP contribution is -2.51. The summed E-state index contributed by atoms with van der Waals surface area (Å²) in [6.07, 6.45) is 1.15. The molecule has 1 aromatic carbocycles. The van der Waals surface area contributed by atoms with Gasteiger partial charge in [0.05, 0.1) is 23.3 Å². The number of hydrogen-bond donors (Lipinski definition) is 0. The molecule has 0 saturated carbocycles. The molecule has 2 aromatic rings. The molecule has 4 heterocycles. The van der Waals surface area contributed by atoms with E-state index in [-0.39, 0.29) is 0 Å². The Kier molecular flexibility index (Phi) is 6.43. The number of piperazine rings is 1. The Balaban J connectivity index is 1.25. The van der Waals surface area contributed by atoms with Gasteiger partial charge in [-0.15, -0.1) is 11.8 Å².